The molecule has 0 radical (unpaired) electrons. The number of halogens is 2. The van der Waals surface area contributed by atoms with Gasteiger partial charge in [0.15, 0.2) is 11.7 Å². The predicted molar refractivity (Wildman–Crippen MR) is 97.1 cm³/mol. The fraction of sp³-hybridized carbons (Fsp3) is 0.238. The number of rotatable bonds is 8. The monoisotopic (exact) mass is 371 g/mol. The van der Waals surface area contributed by atoms with Crippen LogP contribution in [0.1, 0.15) is 31.6 Å². The van der Waals surface area contributed by atoms with Crippen molar-refractivity contribution in [3.05, 3.63) is 66.1 Å². The average molecular weight is 371 g/mol. The van der Waals surface area contributed by atoms with Crippen molar-refractivity contribution in [1.82, 2.24) is 4.98 Å². The number of hydrogen-bond donors (Lipinski definition) is 1. The molecule has 0 spiro atoms. The largest absolute Gasteiger partial charge is 0.481 e. The Labute approximate surface area is 155 Å². The molecule has 1 N–H and O–H groups in total. The summed E-state index contributed by atoms with van der Waals surface area (Å²) >= 11 is 0. The van der Waals surface area contributed by atoms with Crippen LogP contribution in [0, 0.1) is 11.6 Å². The lowest BCUT2D eigenvalue weighted by molar-refractivity contribution is -0.137. The van der Waals surface area contributed by atoms with Crippen molar-refractivity contribution < 1.29 is 23.1 Å². The molecule has 0 saturated heterocycles. The Morgan fingerprint density at radius 3 is 2.07 bits per heavy atom. The maximum Gasteiger partial charge on any atom is 0.303 e. The highest BCUT2D eigenvalue weighted by molar-refractivity contribution is 5.76. The van der Waals surface area contributed by atoms with E-state index in [1.165, 1.54) is 24.3 Å². The highest BCUT2D eigenvalue weighted by Gasteiger charge is 2.17. The minimum Gasteiger partial charge on any atom is -0.481 e. The van der Waals surface area contributed by atoms with Gasteiger partial charge in [0.2, 0.25) is 0 Å². The molecular formula is C21H19F2NO3. The van der Waals surface area contributed by atoms with Gasteiger partial charge in [-0.25, -0.2) is 13.8 Å². The summed E-state index contributed by atoms with van der Waals surface area (Å²) in [7, 11) is 0. The van der Waals surface area contributed by atoms with Crippen LogP contribution < -0.4 is 0 Å². The molecule has 2 aromatic carbocycles. The number of carboxylic acids is 1. The van der Waals surface area contributed by atoms with Gasteiger partial charge in [-0.2, -0.15) is 0 Å². The van der Waals surface area contributed by atoms with Crippen molar-refractivity contribution >= 4 is 5.97 Å². The molecule has 0 unspecified atom stereocenters. The molecule has 3 rings (SSSR count). The van der Waals surface area contributed by atoms with Crippen molar-refractivity contribution in [1.29, 1.82) is 0 Å². The minimum absolute atomic E-state index is 0.146. The molecule has 6 heteroatoms. The van der Waals surface area contributed by atoms with Crippen molar-refractivity contribution in [2.75, 3.05) is 0 Å². The van der Waals surface area contributed by atoms with E-state index in [2.05, 4.69) is 4.98 Å². The number of aliphatic carboxylic acids is 1. The molecule has 27 heavy (non-hydrogen) atoms. The maximum absolute atomic E-state index is 13.2. The van der Waals surface area contributed by atoms with Gasteiger partial charge in [0, 0.05) is 24.0 Å². The van der Waals surface area contributed by atoms with Crippen LogP contribution >= 0.6 is 0 Å². The number of hydrogen-bond acceptors (Lipinski definition) is 3. The first-order chi connectivity index (χ1) is 13.0. The van der Waals surface area contributed by atoms with E-state index in [0.29, 0.717) is 41.3 Å². The molecule has 0 aliphatic heterocycles. The SMILES string of the molecule is O=C(O)CCCCCc1nc(-c2ccc(F)cc2)c(-c2ccc(F)cc2)o1. The van der Waals surface area contributed by atoms with E-state index >= 15 is 0 Å². The lowest BCUT2D eigenvalue weighted by Crippen LogP contribution is -1.94. The Bertz CT molecular complexity index is 839. The predicted octanol–water partition coefficient (Wildman–Crippen LogP) is 5.47. The highest BCUT2D eigenvalue weighted by Crippen LogP contribution is 2.33. The zero-order valence-corrected chi connectivity index (χ0v) is 14.6. The van der Waals surface area contributed by atoms with Gasteiger partial charge in [-0.05, 0) is 61.4 Å². The van der Waals surface area contributed by atoms with Crippen LogP contribution in [-0.4, -0.2) is 16.1 Å². The van der Waals surface area contributed by atoms with Gasteiger partial charge in [0.1, 0.15) is 17.3 Å². The molecule has 140 valence electrons. The van der Waals surface area contributed by atoms with Crippen LogP contribution in [0.2, 0.25) is 0 Å². The number of nitrogens with zero attached hydrogens (tertiary/aromatic N) is 1. The second-order valence-corrected chi connectivity index (χ2v) is 6.25. The van der Waals surface area contributed by atoms with E-state index in [-0.39, 0.29) is 18.1 Å². The van der Waals surface area contributed by atoms with Crippen LogP contribution in [0.3, 0.4) is 0 Å². The Balaban J connectivity index is 1.83. The molecule has 0 fully saturated rings. The first-order valence-electron chi connectivity index (χ1n) is 8.76. The number of aromatic nitrogens is 1. The summed E-state index contributed by atoms with van der Waals surface area (Å²) in [5, 5.41) is 8.68. The van der Waals surface area contributed by atoms with E-state index < -0.39 is 5.97 Å². The number of carbonyl (C=O) groups is 1. The molecule has 0 amide bonds. The lowest BCUT2D eigenvalue weighted by atomic mass is 10.1. The van der Waals surface area contributed by atoms with Crippen molar-refractivity contribution in [3.63, 3.8) is 0 Å². The van der Waals surface area contributed by atoms with Gasteiger partial charge >= 0.3 is 5.97 Å². The summed E-state index contributed by atoms with van der Waals surface area (Å²) in [6.45, 7) is 0. The molecule has 0 atom stereocenters. The van der Waals surface area contributed by atoms with Crippen LogP contribution in [-0.2, 0) is 11.2 Å². The first-order valence-corrected chi connectivity index (χ1v) is 8.76. The Hall–Kier alpha value is -3.02. The van der Waals surface area contributed by atoms with E-state index in [0.717, 1.165) is 12.8 Å². The van der Waals surface area contributed by atoms with Gasteiger partial charge in [-0.1, -0.05) is 6.42 Å². The van der Waals surface area contributed by atoms with E-state index in [1.54, 1.807) is 24.3 Å². The van der Waals surface area contributed by atoms with Crippen LogP contribution in [0.15, 0.2) is 52.9 Å². The zero-order valence-electron chi connectivity index (χ0n) is 14.6. The average Bonchev–Trinajstić information content (AvgIpc) is 3.06. The quantitative estimate of drug-likeness (QED) is 0.533. The Morgan fingerprint density at radius 2 is 1.48 bits per heavy atom. The molecule has 0 aliphatic carbocycles. The van der Waals surface area contributed by atoms with Crippen LogP contribution in [0.5, 0.6) is 0 Å². The molecule has 1 aromatic heterocycles. The normalized spacial score (nSPS) is 10.9. The minimum atomic E-state index is -0.802. The van der Waals surface area contributed by atoms with Gasteiger partial charge < -0.3 is 9.52 Å². The van der Waals surface area contributed by atoms with Crippen molar-refractivity contribution in [2.24, 2.45) is 0 Å². The van der Waals surface area contributed by atoms with E-state index in [9.17, 15) is 13.6 Å². The second kappa shape index (κ2) is 8.58. The number of aryl methyl sites for hydroxylation is 1. The zero-order chi connectivity index (χ0) is 19.2. The van der Waals surface area contributed by atoms with Crippen molar-refractivity contribution in [3.8, 4) is 22.6 Å². The van der Waals surface area contributed by atoms with E-state index in [1.807, 2.05) is 0 Å². The molecule has 3 aromatic rings. The number of oxazole rings is 1. The summed E-state index contributed by atoms with van der Waals surface area (Å²) in [6, 6.07) is 11.9. The molecule has 1 heterocycles. The number of carboxylic acid groups (broad SMARTS) is 1. The summed E-state index contributed by atoms with van der Waals surface area (Å²) in [4.78, 5) is 15.1. The fourth-order valence-corrected chi connectivity index (χ4v) is 2.80. The van der Waals surface area contributed by atoms with Gasteiger partial charge in [0.05, 0.1) is 0 Å². The molecule has 0 aliphatic rings. The third-order valence-electron chi connectivity index (χ3n) is 4.18. The molecular weight excluding hydrogens is 352 g/mol. The smallest absolute Gasteiger partial charge is 0.303 e. The standard InChI is InChI=1S/C21H19F2NO3/c22-16-10-6-14(7-11-16)20-21(15-8-12-17(23)13-9-15)27-18(24-20)4-2-1-3-5-19(25)26/h6-13H,1-5H2,(H,25,26). The molecule has 4 nitrogen and oxygen atoms in total. The van der Waals surface area contributed by atoms with Gasteiger partial charge in [0.25, 0.3) is 0 Å². The molecule has 0 bridgehead atoms. The van der Waals surface area contributed by atoms with Gasteiger partial charge in [-0.15, -0.1) is 0 Å². The Kier molecular flexibility index (Phi) is 5.96. The van der Waals surface area contributed by atoms with Gasteiger partial charge in [-0.3, -0.25) is 4.79 Å². The third-order valence-corrected chi connectivity index (χ3v) is 4.18. The lowest BCUT2D eigenvalue weighted by Gasteiger charge is -2.01. The fourth-order valence-electron chi connectivity index (χ4n) is 2.80. The van der Waals surface area contributed by atoms with Crippen LogP contribution in [0.25, 0.3) is 22.6 Å². The second-order valence-electron chi connectivity index (χ2n) is 6.25. The first kappa shape index (κ1) is 18.8. The van der Waals surface area contributed by atoms with Crippen LogP contribution in [0.4, 0.5) is 8.78 Å². The van der Waals surface area contributed by atoms with Crippen molar-refractivity contribution in [2.45, 2.75) is 32.1 Å². The summed E-state index contributed by atoms with van der Waals surface area (Å²) in [5.74, 6) is -0.473. The number of benzene rings is 2. The number of unbranched alkanes of at least 4 members (excludes halogenated alkanes) is 2. The summed E-state index contributed by atoms with van der Waals surface area (Å²) in [6.07, 6.45) is 2.82. The molecule has 0 saturated carbocycles. The van der Waals surface area contributed by atoms with E-state index in [4.69, 9.17) is 9.52 Å². The highest BCUT2D eigenvalue weighted by atomic mass is 19.1. The Morgan fingerprint density at radius 1 is 0.889 bits per heavy atom. The summed E-state index contributed by atoms with van der Waals surface area (Å²) < 4.78 is 32.4. The maximum atomic E-state index is 13.2. The third kappa shape index (κ3) is 5.00. The summed E-state index contributed by atoms with van der Waals surface area (Å²) in [5.41, 5.74) is 1.96. The topological polar surface area (TPSA) is 63.3 Å².